The summed E-state index contributed by atoms with van der Waals surface area (Å²) in [6.45, 7) is 1.77. The molecule has 25 heavy (non-hydrogen) atoms. The van der Waals surface area contributed by atoms with E-state index in [1.165, 1.54) is 0 Å². The molecule has 2 aliphatic carbocycles. The predicted molar refractivity (Wildman–Crippen MR) is 89.8 cm³/mol. The van der Waals surface area contributed by atoms with Gasteiger partial charge in [0.15, 0.2) is 5.82 Å². The first-order chi connectivity index (χ1) is 12.2. The number of nitrogens with zero attached hydrogens (tertiary/aromatic N) is 4. The molecule has 0 radical (unpaired) electrons. The maximum atomic E-state index is 12.7. The minimum Gasteiger partial charge on any atom is -0.340 e. The average molecular weight is 344 g/mol. The molecule has 134 valence electrons. The third-order valence-corrected chi connectivity index (χ3v) is 5.47. The molecular weight excluding hydrogens is 320 g/mol. The summed E-state index contributed by atoms with van der Waals surface area (Å²) in [6, 6.07) is 0.223. The van der Waals surface area contributed by atoms with Crippen molar-refractivity contribution in [2.75, 3.05) is 0 Å². The Hall–Kier alpha value is -2.38. The van der Waals surface area contributed by atoms with E-state index in [-0.39, 0.29) is 18.1 Å². The van der Waals surface area contributed by atoms with E-state index in [2.05, 4.69) is 30.3 Å². The number of amides is 2. The number of carbonyl (C=O) groups excluding carboxylic acids is 1. The van der Waals surface area contributed by atoms with Crippen molar-refractivity contribution in [2.45, 2.75) is 69.5 Å². The molecule has 2 N–H and O–H groups in total. The Morgan fingerprint density at radius 3 is 2.84 bits per heavy atom. The number of aryl methyl sites for hydroxylation is 1. The van der Waals surface area contributed by atoms with Crippen LogP contribution in [0.25, 0.3) is 0 Å². The zero-order valence-electron chi connectivity index (χ0n) is 14.4. The van der Waals surface area contributed by atoms with Gasteiger partial charge in [0.2, 0.25) is 5.89 Å². The quantitative estimate of drug-likeness (QED) is 0.888. The molecule has 8 heteroatoms. The minimum absolute atomic E-state index is 0.111. The van der Waals surface area contributed by atoms with Gasteiger partial charge < -0.3 is 19.7 Å². The van der Waals surface area contributed by atoms with Gasteiger partial charge in [-0.05, 0) is 32.1 Å². The molecule has 2 saturated carbocycles. The largest absolute Gasteiger partial charge is 0.340 e. The van der Waals surface area contributed by atoms with Crippen LogP contribution in [0, 0.1) is 6.92 Å². The summed E-state index contributed by atoms with van der Waals surface area (Å²) in [7, 11) is 0. The molecule has 2 aliphatic rings. The number of imidazole rings is 1. The Morgan fingerprint density at radius 1 is 1.32 bits per heavy atom. The Labute approximate surface area is 146 Å². The SMILES string of the molecule is Cc1nc(C2(NC(=O)N[C@H]3CCC[C@@H]3n3ccnc3)CCCC2)no1. The highest BCUT2D eigenvalue weighted by atomic mass is 16.5. The van der Waals surface area contributed by atoms with Crippen LogP contribution in [0.3, 0.4) is 0 Å². The minimum atomic E-state index is -0.509. The highest BCUT2D eigenvalue weighted by Crippen LogP contribution is 2.37. The highest BCUT2D eigenvalue weighted by molar-refractivity contribution is 5.75. The first kappa shape index (κ1) is 16.1. The molecule has 2 aromatic heterocycles. The molecule has 2 heterocycles. The van der Waals surface area contributed by atoms with Crippen molar-refractivity contribution in [1.82, 2.24) is 30.3 Å². The summed E-state index contributed by atoms with van der Waals surface area (Å²) in [5, 5.41) is 10.4. The second-order valence-corrected chi connectivity index (χ2v) is 7.14. The van der Waals surface area contributed by atoms with E-state index in [0.717, 1.165) is 44.9 Å². The van der Waals surface area contributed by atoms with Crippen LogP contribution in [-0.2, 0) is 5.54 Å². The van der Waals surface area contributed by atoms with Crippen molar-refractivity contribution in [3.8, 4) is 0 Å². The van der Waals surface area contributed by atoms with Crippen molar-refractivity contribution in [3.05, 3.63) is 30.4 Å². The third kappa shape index (κ3) is 3.12. The molecule has 0 unspecified atom stereocenters. The fourth-order valence-electron chi connectivity index (χ4n) is 4.23. The molecule has 2 atom stereocenters. The van der Waals surface area contributed by atoms with Gasteiger partial charge in [0.05, 0.1) is 18.4 Å². The van der Waals surface area contributed by atoms with E-state index in [1.807, 2.05) is 12.5 Å². The zero-order chi connectivity index (χ0) is 17.3. The number of hydrogen-bond acceptors (Lipinski definition) is 5. The van der Waals surface area contributed by atoms with Crippen molar-refractivity contribution in [3.63, 3.8) is 0 Å². The number of aromatic nitrogens is 4. The van der Waals surface area contributed by atoms with Gasteiger partial charge in [-0.25, -0.2) is 9.78 Å². The third-order valence-electron chi connectivity index (χ3n) is 5.47. The number of hydrogen-bond donors (Lipinski definition) is 2. The van der Waals surface area contributed by atoms with Crippen LogP contribution in [-0.4, -0.2) is 31.8 Å². The number of carbonyl (C=O) groups is 1. The Kier molecular flexibility index (Phi) is 4.19. The van der Waals surface area contributed by atoms with E-state index in [1.54, 1.807) is 13.1 Å². The van der Waals surface area contributed by atoms with E-state index in [0.29, 0.717) is 11.7 Å². The van der Waals surface area contributed by atoms with Gasteiger partial charge in [0.25, 0.3) is 0 Å². The Balaban J connectivity index is 1.45. The first-order valence-corrected chi connectivity index (χ1v) is 9.03. The highest BCUT2D eigenvalue weighted by Gasteiger charge is 2.42. The summed E-state index contributed by atoms with van der Waals surface area (Å²) >= 11 is 0. The maximum Gasteiger partial charge on any atom is 0.315 e. The number of nitrogens with one attached hydrogen (secondary N) is 2. The molecule has 2 fully saturated rings. The van der Waals surface area contributed by atoms with Gasteiger partial charge in [-0.3, -0.25) is 0 Å². The van der Waals surface area contributed by atoms with Crippen molar-refractivity contribution >= 4 is 6.03 Å². The normalized spacial score (nSPS) is 25.2. The monoisotopic (exact) mass is 344 g/mol. The van der Waals surface area contributed by atoms with Crippen LogP contribution < -0.4 is 10.6 Å². The molecule has 4 rings (SSSR count). The smallest absolute Gasteiger partial charge is 0.315 e. The van der Waals surface area contributed by atoms with Crippen molar-refractivity contribution < 1.29 is 9.32 Å². The summed E-state index contributed by atoms with van der Waals surface area (Å²) < 4.78 is 7.23. The lowest BCUT2D eigenvalue weighted by atomic mass is 9.97. The second-order valence-electron chi connectivity index (χ2n) is 7.14. The van der Waals surface area contributed by atoms with Gasteiger partial charge in [0, 0.05) is 19.3 Å². The molecule has 2 aromatic rings. The summed E-state index contributed by atoms with van der Waals surface area (Å²) in [5.41, 5.74) is -0.509. The molecule has 0 aromatic carbocycles. The Bertz CT molecular complexity index is 719. The molecular formula is C17H24N6O2. The Morgan fingerprint density at radius 2 is 2.16 bits per heavy atom. The van der Waals surface area contributed by atoms with Crippen LogP contribution in [0.1, 0.15) is 62.7 Å². The molecule has 0 aliphatic heterocycles. The lowest BCUT2D eigenvalue weighted by Gasteiger charge is -2.29. The fraction of sp³-hybridized carbons (Fsp3) is 0.647. The molecule has 8 nitrogen and oxygen atoms in total. The van der Waals surface area contributed by atoms with Crippen LogP contribution in [0.5, 0.6) is 0 Å². The van der Waals surface area contributed by atoms with Crippen LogP contribution in [0.2, 0.25) is 0 Å². The lowest BCUT2D eigenvalue weighted by Crippen LogP contribution is -2.52. The van der Waals surface area contributed by atoms with Gasteiger partial charge >= 0.3 is 6.03 Å². The van der Waals surface area contributed by atoms with E-state index < -0.39 is 5.54 Å². The van der Waals surface area contributed by atoms with Gasteiger partial charge in [-0.1, -0.05) is 18.0 Å². The lowest BCUT2D eigenvalue weighted by molar-refractivity contribution is 0.214. The predicted octanol–water partition coefficient (Wildman–Crippen LogP) is 2.44. The van der Waals surface area contributed by atoms with Gasteiger partial charge in [-0.2, -0.15) is 4.98 Å². The van der Waals surface area contributed by atoms with Crippen LogP contribution in [0.15, 0.2) is 23.2 Å². The van der Waals surface area contributed by atoms with Crippen molar-refractivity contribution in [2.24, 2.45) is 0 Å². The van der Waals surface area contributed by atoms with Crippen LogP contribution in [0.4, 0.5) is 4.79 Å². The molecule has 0 saturated heterocycles. The van der Waals surface area contributed by atoms with E-state index >= 15 is 0 Å². The first-order valence-electron chi connectivity index (χ1n) is 9.03. The van der Waals surface area contributed by atoms with Crippen LogP contribution >= 0.6 is 0 Å². The second kappa shape index (κ2) is 6.50. The molecule has 2 amide bonds. The standard InChI is InChI=1S/C17H24N6O2/c1-12-19-15(22-25-12)17(7-2-3-8-17)21-16(24)20-13-5-4-6-14(13)23-10-9-18-11-23/h9-11,13-14H,2-8H2,1H3,(H2,20,21,24)/t13-,14-/m0/s1. The maximum absolute atomic E-state index is 12.7. The van der Waals surface area contributed by atoms with Crippen molar-refractivity contribution in [1.29, 1.82) is 0 Å². The number of urea groups is 1. The summed E-state index contributed by atoms with van der Waals surface area (Å²) in [6.07, 6.45) is 12.5. The van der Waals surface area contributed by atoms with Gasteiger partial charge in [-0.15, -0.1) is 0 Å². The van der Waals surface area contributed by atoms with E-state index in [4.69, 9.17) is 4.52 Å². The molecule has 0 bridgehead atoms. The molecule has 0 spiro atoms. The number of rotatable bonds is 4. The fourth-order valence-corrected chi connectivity index (χ4v) is 4.23. The topological polar surface area (TPSA) is 97.9 Å². The van der Waals surface area contributed by atoms with E-state index in [9.17, 15) is 4.79 Å². The average Bonchev–Trinajstić information content (AvgIpc) is 3.34. The summed E-state index contributed by atoms with van der Waals surface area (Å²) in [4.78, 5) is 21.2. The van der Waals surface area contributed by atoms with Gasteiger partial charge in [0.1, 0.15) is 5.54 Å². The zero-order valence-corrected chi connectivity index (χ0v) is 14.4. The summed E-state index contributed by atoms with van der Waals surface area (Å²) in [5.74, 6) is 1.12.